The van der Waals surface area contributed by atoms with Crippen LogP contribution >= 0.6 is 0 Å². The highest BCUT2D eigenvalue weighted by Crippen LogP contribution is 2.65. The molecule has 0 heterocycles. The molecule has 4 aliphatic rings. The Bertz CT molecular complexity index is 1020. The molecule has 7 nitrogen and oxygen atoms in total. The molecule has 1 N–H and O–H groups in total. The number of Topliss-reactive ketones (excluding diaryl/α,β-unsaturated/α-hetero) is 1. The Morgan fingerprint density at radius 3 is 2.61 bits per heavy atom. The van der Waals surface area contributed by atoms with Gasteiger partial charge in [-0.25, -0.2) is 0 Å². The highest BCUT2D eigenvalue weighted by molar-refractivity contribution is 6.01. The third-order valence-corrected chi connectivity index (χ3v) is 8.42. The van der Waals surface area contributed by atoms with E-state index in [4.69, 9.17) is 9.47 Å². The van der Waals surface area contributed by atoms with Gasteiger partial charge in [0.1, 0.15) is 0 Å². The summed E-state index contributed by atoms with van der Waals surface area (Å²) in [6.07, 6.45) is 6.95. The van der Waals surface area contributed by atoms with Crippen LogP contribution in [0.4, 0.5) is 0 Å². The second-order valence-electron chi connectivity index (χ2n) is 10.1. The molecule has 0 radical (unpaired) electrons. The number of aliphatic hydroxyl groups is 1. The molecular formula is C26H32O7. The smallest absolute Gasteiger partial charge is 0.306 e. The average Bonchev–Trinajstić information content (AvgIpc) is 3.04. The number of aliphatic hydroxyl groups excluding tert-OH is 1. The van der Waals surface area contributed by atoms with Gasteiger partial charge in [0, 0.05) is 24.2 Å². The minimum absolute atomic E-state index is 0.0379. The number of ether oxygens (including phenoxy) is 2. The lowest BCUT2D eigenvalue weighted by atomic mass is 9.52. The fourth-order valence-electron chi connectivity index (χ4n) is 6.82. The van der Waals surface area contributed by atoms with Crippen LogP contribution in [0, 0.1) is 16.7 Å². The predicted octanol–water partition coefficient (Wildman–Crippen LogP) is 3.15. The number of esters is 2. The van der Waals surface area contributed by atoms with E-state index >= 15 is 0 Å². The van der Waals surface area contributed by atoms with Crippen molar-refractivity contribution in [2.75, 3.05) is 6.61 Å². The summed E-state index contributed by atoms with van der Waals surface area (Å²) in [7, 11) is 0. The lowest BCUT2D eigenvalue weighted by molar-refractivity contribution is -0.187. The van der Waals surface area contributed by atoms with E-state index in [0.29, 0.717) is 25.7 Å². The van der Waals surface area contributed by atoms with Gasteiger partial charge in [0.05, 0.1) is 6.10 Å². The molecule has 0 aromatic heterocycles. The molecule has 0 amide bonds. The van der Waals surface area contributed by atoms with Crippen molar-refractivity contribution in [1.82, 2.24) is 0 Å². The number of carbonyl (C=O) groups excluding carboxylic acids is 4. The van der Waals surface area contributed by atoms with Gasteiger partial charge in [0.15, 0.2) is 18.0 Å². The molecule has 0 spiro atoms. The van der Waals surface area contributed by atoms with E-state index in [1.165, 1.54) is 6.92 Å². The maximum atomic E-state index is 13.5. The lowest BCUT2D eigenvalue weighted by Gasteiger charge is -2.53. The molecule has 4 aliphatic carbocycles. The second-order valence-corrected chi connectivity index (χ2v) is 10.1. The molecule has 4 rings (SSSR count). The second kappa shape index (κ2) is 8.05. The molecule has 5 atom stereocenters. The molecule has 0 aromatic rings. The van der Waals surface area contributed by atoms with E-state index in [1.54, 1.807) is 19.1 Å². The monoisotopic (exact) mass is 456 g/mol. The molecule has 0 bridgehead atoms. The summed E-state index contributed by atoms with van der Waals surface area (Å²) in [6.45, 7) is 6.39. The largest absolute Gasteiger partial charge is 0.458 e. The zero-order chi connectivity index (χ0) is 24.2. The molecule has 178 valence electrons. The van der Waals surface area contributed by atoms with Crippen LogP contribution in [0.15, 0.2) is 34.9 Å². The maximum absolute atomic E-state index is 13.5. The van der Waals surface area contributed by atoms with Crippen LogP contribution < -0.4 is 0 Å². The molecule has 1 saturated carbocycles. The Morgan fingerprint density at radius 1 is 1.21 bits per heavy atom. The van der Waals surface area contributed by atoms with Crippen LogP contribution in [-0.2, 0) is 28.7 Å². The average molecular weight is 457 g/mol. The normalized spacial score (nSPS) is 37.0. The van der Waals surface area contributed by atoms with Crippen LogP contribution in [0.2, 0.25) is 0 Å². The SMILES string of the molecule is CCC(=O)O[C@]1(C(=O)COC(C)=O)CC[C@H]2C3=C(C(O)C[C@@]21C)[C@@]1(C)C=CC(=O)C=C1CC3. The summed E-state index contributed by atoms with van der Waals surface area (Å²) in [5, 5.41) is 11.5. The van der Waals surface area contributed by atoms with Gasteiger partial charge in [-0.2, -0.15) is 0 Å². The van der Waals surface area contributed by atoms with Crippen LogP contribution in [0.5, 0.6) is 0 Å². The van der Waals surface area contributed by atoms with Crippen molar-refractivity contribution in [1.29, 1.82) is 0 Å². The van der Waals surface area contributed by atoms with Crippen molar-refractivity contribution in [3.05, 3.63) is 34.9 Å². The van der Waals surface area contributed by atoms with Gasteiger partial charge in [0.2, 0.25) is 5.78 Å². The summed E-state index contributed by atoms with van der Waals surface area (Å²) in [5.41, 5.74) is 0.189. The van der Waals surface area contributed by atoms with Crippen molar-refractivity contribution >= 4 is 23.5 Å². The van der Waals surface area contributed by atoms with Crippen molar-refractivity contribution in [2.45, 2.75) is 77.9 Å². The number of ketones is 2. The van der Waals surface area contributed by atoms with Gasteiger partial charge in [0.25, 0.3) is 0 Å². The van der Waals surface area contributed by atoms with Crippen LogP contribution in [0.3, 0.4) is 0 Å². The molecule has 1 unspecified atom stereocenters. The number of allylic oxidation sites excluding steroid dienone is 5. The van der Waals surface area contributed by atoms with Crippen LogP contribution in [-0.4, -0.2) is 46.9 Å². The number of hydrogen-bond acceptors (Lipinski definition) is 7. The number of rotatable bonds is 5. The summed E-state index contributed by atoms with van der Waals surface area (Å²) < 4.78 is 10.9. The fourth-order valence-corrected chi connectivity index (χ4v) is 6.82. The highest BCUT2D eigenvalue weighted by atomic mass is 16.6. The Morgan fingerprint density at radius 2 is 1.94 bits per heavy atom. The van der Waals surface area contributed by atoms with Gasteiger partial charge in [-0.15, -0.1) is 0 Å². The summed E-state index contributed by atoms with van der Waals surface area (Å²) in [4.78, 5) is 49.3. The Kier molecular flexibility index (Phi) is 5.76. The third-order valence-electron chi connectivity index (χ3n) is 8.42. The summed E-state index contributed by atoms with van der Waals surface area (Å²) in [5.74, 6) is -1.61. The minimum atomic E-state index is -1.46. The standard InChI is InChI=1S/C26H32O7/c1-5-22(31)33-26(21(30)14-32-15(2)27)11-9-19-18-7-6-16-12-17(28)8-10-24(16,3)23(18)20(29)13-25(19,26)4/h8,10,12,19-20,29H,5-7,9,11,13-14H2,1-4H3/t19-,20?,24-,25-,26-/m0/s1. The van der Waals surface area contributed by atoms with Gasteiger partial charge in [-0.3, -0.25) is 19.2 Å². The third kappa shape index (κ3) is 3.43. The minimum Gasteiger partial charge on any atom is -0.458 e. The Balaban J connectivity index is 1.80. The molecule has 1 fully saturated rings. The zero-order valence-corrected chi connectivity index (χ0v) is 19.7. The molecule has 33 heavy (non-hydrogen) atoms. The first-order chi connectivity index (χ1) is 15.5. The van der Waals surface area contributed by atoms with E-state index in [-0.39, 0.29) is 24.5 Å². The Hall–Kier alpha value is -2.54. The number of carbonyl (C=O) groups is 4. The molecule has 0 aromatic carbocycles. The van der Waals surface area contributed by atoms with Gasteiger partial charge < -0.3 is 14.6 Å². The fraction of sp³-hybridized carbons (Fsp3) is 0.615. The van der Waals surface area contributed by atoms with E-state index in [9.17, 15) is 24.3 Å². The molecular weight excluding hydrogens is 424 g/mol. The Labute approximate surface area is 193 Å². The first-order valence-corrected chi connectivity index (χ1v) is 11.7. The number of hydrogen-bond donors (Lipinski definition) is 1. The van der Waals surface area contributed by atoms with Crippen molar-refractivity contribution in [3.63, 3.8) is 0 Å². The van der Waals surface area contributed by atoms with E-state index in [1.807, 2.05) is 19.9 Å². The van der Waals surface area contributed by atoms with Crippen molar-refractivity contribution in [3.8, 4) is 0 Å². The lowest BCUT2D eigenvalue weighted by Crippen LogP contribution is -2.59. The quantitative estimate of drug-likeness (QED) is 0.500. The summed E-state index contributed by atoms with van der Waals surface area (Å²) in [6, 6.07) is 0. The zero-order valence-electron chi connectivity index (χ0n) is 19.7. The van der Waals surface area contributed by atoms with E-state index in [2.05, 4.69) is 0 Å². The van der Waals surface area contributed by atoms with E-state index in [0.717, 1.165) is 16.7 Å². The van der Waals surface area contributed by atoms with Crippen molar-refractivity contribution < 1.29 is 33.8 Å². The topological polar surface area (TPSA) is 107 Å². The highest BCUT2D eigenvalue weighted by Gasteiger charge is 2.67. The first kappa shape index (κ1) is 23.6. The van der Waals surface area contributed by atoms with E-state index < -0.39 is 46.9 Å². The summed E-state index contributed by atoms with van der Waals surface area (Å²) >= 11 is 0. The molecule has 0 aliphatic heterocycles. The van der Waals surface area contributed by atoms with Crippen LogP contribution in [0.25, 0.3) is 0 Å². The molecule has 0 saturated heterocycles. The maximum Gasteiger partial charge on any atom is 0.306 e. The van der Waals surface area contributed by atoms with Gasteiger partial charge >= 0.3 is 11.9 Å². The number of fused-ring (bicyclic) bond motifs is 4. The van der Waals surface area contributed by atoms with Crippen LogP contribution in [0.1, 0.15) is 66.2 Å². The predicted molar refractivity (Wildman–Crippen MR) is 119 cm³/mol. The first-order valence-electron chi connectivity index (χ1n) is 11.7. The van der Waals surface area contributed by atoms with Crippen molar-refractivity contribution in [2.24, 2.45) is 16.7 Å². The van der Waals surface area contributed by atoms with Gasteiger partial charge in [-0.1, -0.05) is 31.1 Å². The van der Waals surface area contributed by atoms with Gasteiger partial charge in [-0.05, 0) is 62.7 Å². The molecule has 7 heteroatoms.